The summed E-state index contributed by atoms with van der Waals surface area (Å²) in [6, 6.07) is 14.7. The van der Waals surface area contributed by atoms with E-state index in [9.17, 15) is 9.59 Å². The van der Waals surface area contributed by atoms with Crippen LogP contribution in [0.4, 0.5) is 0 Å². The van der Waals surface area contributed by atoms with Gasteiger partial charge in [-0.3, -0.25) is 14.5 Å². The van der Waals surface area contributed by atoms with Gasteiger partial charge in [0.25, 0.3) is 11.8 Å². The molecule has 0 spiro atoms. The number of rotatable bonds is 9. The molecular weight excluding hydrogens is 444 g/mol. The Hall–Kier alpha value is -3.62. The van der Waals surface area contributed by atoms with E-state index in [2.05, 4.69) is 15.5 Å². The maximum absolute atomic E-state index is 13.2. The van der Waals surface area contributed by atoms with Crippen LogP contribution in [-0.2, 0) is 16.6 Å². The largest absolute Gasteiger partial charge is 0.497 e. The molecule has 0 atom stereocenters. The number of carbonyl (C=O) groups excluding carboxylic acids is 2. The number of nitrogens with zero attached hydrogens (tertiary/aromatic N) is 2. The summed E-state index contributed by atoms with van der Waals surface area (Å²) in [6.45, 7) is 4.74. The number of morpholine rings is 1. The lowest BCUT2D eigenvalue weighted by Gasteiger charge is -2.26. The number of carbonyl (C=O) groups is 2. The molecule has 0 saturated carbocycles. The van der Waals surface area contributed by atoms with E-state index >= 15 is 0 Å². The predicted octanol–water partition coefficient (Wildman–Crippen LogP) is 2.80. The SMILES string of the molecule is COc1ccc(C(=O)N/C(=C/c2cn(C)c3ccccc23)C(=O)NCCCN2CCOCC2)cc1. The first-order chi connectivity index (χ1) is 17.0. The molecule has 8 heteroatoms. The number of amides is 2. The number of methoxy groups -OCH3 is 1. The van der Waals surface area contributed by atoms with Crippen LogP contribution in [0.5, 0.6) is 5.75 Å². The third-order valence-electron chi connectivity index (χ3n) is 6.11. The van der Waals surface area contributed by atoms with Crippen molar-refractivity contribution < 1.29 is 19.1 Å². The molecule has 4 rings (SSSR count). The van der Waals surface area contributed by atoms with E-state index in [1.807, 2.05) is 42.1 Å². The summed E-state index contributed by atoms with van der Waals surface area (Å²) in [4.78, 5) is 28.4. The third kappa shape index (κ3) is 6.29. The van der Waals surface area contributed by atoms with Gasteiger partial charge in [0.2, 0.25) is 0 Å². The number of aromatic nitrogens is 1. The van der Waals surface area contributed by atoms with Crippen molar-refractivity contribution in [3.63, 3.8) is 0 Å². The number of hydrogen-bond donors (Lipinski definition) is 2. The van der Waals surface area contributed by atoms with E-state index in [0.29, 0.717) is 17.9 Å². The first kappa shape index (κ1) is 24.5. The zero-order valence-corrected chi connectivity index (χ0v) is 20.3. The quantitative estimate of drug-likeness (QED) is 0.367. The summed E-state index contributed by atoms with van der Waals surface area (Å²) in [5.41, 5.74) is 2.55. The first-order valence-corrected chi connectivity index (χ1v) is 11.8. The highest BCUT2D eigenvalue weighted by Crippen LogP contribution is 2.22. The van der Waals surface area contributed by atoms with Crippen LogP contribution in [0.1, 0.15) is 22.3 Å². The van der Waals surface area contributed by atoms with E-state index in [-0.39, 0.29) is 17.5 Å². The molecule has 2 aromatic carbocycles. The Balaban J connectivity index is 1.50. The molecule has 2 amide bonds. The Labute approximate surface area is 205 Å². The molecule has 2 heterocycles. The van der Waals surface area contributed by atoms with Gasteiger partial charge in [-0.05, 0) is 49.4 Å². The Kier molecular flexibility index (Phi) is 8.18. The van der Waals surface area contributed by atoms with Gasteiger partial charge in [-0.2, -0.15) is 0 Å². The average molecular weight is 477 g/mol. The number of hydrogen-bond acceptors (Lipinski definition) is 5. The van der Waals surface area contributed by atoms with Gasteiger partial charge in [-0.25, -0.2) is 0 Å². The minimum absolute atomic E-state index is 0.202. The molecule has 35 heavy (non-hydrogen) atoms. The molecule has 1 saturated heterocycles. The average Bonchev–Trinajstić information content (AvgIpc) is 3.21. The van der Waals surface area contributed by atoms with Crippen LogP contribution >= 0.6 is 0 Å². The second-order valence-corrected chi connectivity index (χ2v) is 8.52. The van der Waals surface area contributed by atoms with Gasteiger partial charge in [0, 0.05) is 54.9 Å². The maximum Gasteiger partial charge on any atom is 0.267 e. The molecule has 0 aliphatic carbocycles. The topological polar surface area (TPSA) is 84.8 Å². The molecule has 1 aliphatic rings. The van der Waals surface area contributed by atoms with Crippen LogP contribution in [0.3, 0.4) is 0 Å². The number of benzene rings is 2. The van der Waals surface area contributed by atoms with Crippen molar-refractivity contribution >= 4 is 28.8 Å². The summed E-state index contributed by atoms with van der Waals surface area (Å²) in [5, 5.41) is 6.79. The second kappa shape index (κ2) is 11.7. The lowest BCUT2D eigenvalue weighted by atomic mass is 10.1. The zero-order valence-electron chi connectivity index (χ0n) is 20.3. The molecular formula is C27H32N4O4. The summed E-state index contributed by atoms with van der Waals surface area (Å²) in [5.74, 6) is -0.0181. The van der Waals surface area contributed by atoms with Crippen molar-refractivity contribution in [1.29, 1.82) is 0 Å². The van der Waals surface area contributed by atoms with Crippen molar-refractivity contribution in [3.8, 4) is 5.75 Å². The molecule has 1 aromatic heterocycles. The number of ether oxygens (including phenoxy) is 2. The summed E-state index contributed by atoms with van der Waals surface area (Å²) < 4.78 is 12.6. The zero-order chi connectivity index (χ0) is 24.6. The fourth-order valence-corrected chi connectivity index (χ4v) is 4.16. The van der Waals surface area contributed by atoms with Crippen LogP contribution < -0.4 is 15.4 Å². The number of aryl methyl sites for hydroxylation is 1. The molecule has 0 bridgehead atoms. The molecule has 8 nitrogen and oxygen atoms in total. The Morgan fingerprint density at radius 2 is 1.83 bits per heavy atom. The van der Waals surface area contributed by atoms with Crippen LogP contribution in [0.15, 0.2) is 60.4 Å². The Morgan fingerprint density at radius 1 is 1.09 bits per heavy atom. The van der Waals surface area contributed by atoms with Crippen molar-refractivity contribution in [2.75, 3.05) is 46.5 Å². The van der Waals surface area contributed by atoms with Gasteiger partial charge in [0.05, 0.1) is 20.3 Å². The molecule has 1 fully saturated rings. The number of fused-ring (bicyclic) bond motifs is 1. The van der Waals surface area contributed by atoms with Gasteiger partial charge in [0.15, 0.2) is 0 Å². The van der Waals surface area contributed by atoms with Crippen molar-refractivity contribution in [2.45, 2.75) is 6.42 Å². The van der Waals surface area contributed by atoms with Gasteiger partial charge < -0.3 is 24.7 Å². The highest BCUT2D eigenvalue weighted by molar-refractivity contribution is 6.06. The maximum atomic E-state index is 13.2. The smallest absolute Gasteiger partial charge is 0.267 e. The minimum atomic E-state index is -0.359. The molecule has 1 aliphatic heterocycles. The van der Waals surface area contributed by atoms with Gasteiger partial charge in [-0.1, -0.05) is 18.2 Å². The molecule has 2 N–H and O–H groups in total. The molecule has 184 valence electrons. The van der Waals surface area contributed by atoms with E-state index in [4.69, 9.17) is 9.47 Å². The van der Waals surface area contributed by atoms with Crippen LogP contribution in [0.25, 0.3) is 17.0 Å². The fourth-order valence-electron chi connectivity index (χ4n) is 4.16. The van der Waals surface area contributed by atoms with E-state index in [1.54, 1.807) is 37.5 Å². The van der Waals surface area contributed by atoms with Crippen LogP contribution in [0.2, 0.25) is 0 Å². The van der Waals surface area contributed by atoms with E-state index < -0.39 is 0 Å². The molecule has 0 radical (unpaired) electrons. The summed E-state index contributed by atoms with van der Waals surface area (Å²) in [7, 11) is 3.53. The highest BCUT2D eigenvalue weighted by Gasteiger charge is 2.17. The second-order valence-electron chi connectivity index (χ2n) is 8.52. The van der Waals surface area contributed by atoms with E-state index in [1.165, 1.54) is 0 Å². The van der Waals surface area contributed by atoms with Gasteiger partial charge >= 0.3 is 0 Å². The minimum Gasteiger partial charge on any atom is -0.497 e. The van der Waals surface area contributed by atoms with Crippen molar-refractivity contribution in [1.82, 2.24) is 20.1 Å². The van der Waals surface area contributed by atoms with Gasteiger partial charge in [0.1, 0.15) is 11.4 Å². The monoisotopic (exact) mass is 476 g/mol. The predicted molar refractivity (Wildman–Crippen MR) is 136 cm³/mol. The fraction of sp³-hybridized carbons (Fsp3) is 0.333. The number of para-hydroxylation sites is 1. The number of nitrogens with one attached hydrogen (secondary N) is 2. The molecule has 0 unspecified atom stereocenters. The third-order valence-corrected chi connectivity index (χ3v) is 6.11. The van der Waals surface area contributed by atoms with E-state index in [0.717, 1.165) is 55.7 Å². The Bertz CT molecular complexity index is 1190. The normalized spacial score (nSPS) is 14.6. The van der Waals surface area contributed by atoms with Crippen molar-refractivity contribution in [3.05, 3.63) is 71.6 Å². The molecule has 3 aromatic rings. The standard InChI is InChI=1S/C27H32N4O4/c1-30-19-21(23-6-3-4-7-25(23)30)18-24(29-26(32)20-8-10-22(34-2)11-9-20)27(33)28-12-5-13-31-14-16-35-17-15-31/h3-4,6-11,18-19H,5,12-17H2,1-2H3,(H,28,33)(H,29,32)/b24-18+. The lowest BCUT2D eigenvalue weighted by molar-refractivity contribution is -0.117. The van der Waals surface area contributed by atoms with Crippen LogP contribution in [-0.4, -0.2) is 67.8 Å². The lowest BCUT2D eigenvalue weighted by Crippen LogP contribution is -2.39. The first-order valence-electron chi connectivity index (χ1n) is 11.8. The Morgan fingerprint density at radius 3 is 2.57 bits per heavy atom. The highest BCUT2D eigenvalue weighted by atomic mass is 16.5. The van der Waals surface area contributed by atoms with Gasteiger partial charge in [-0.15, -0.1) is 0 Å². The summed E-state index contributed by atoms with van der Waals surface area (Å²) >= 11 is 0. The van der Waals surface area contributed by atoms with Crippen molar-refractivity contribution in [2.24, 2.45) is 7.05 Å². The summed E-state index contributed by atoms with van der Waals surface area (Å²) in [6.07, 6.45) is 4.51. The van der Waals surface area contributed by atoms with Crippen LogP contribution in [0, 0.1) is 0 Å².